The Bertz CT molecular complexity index is 813. The number of rotatable bonds is 7. The molecule has 0 aliphatic carbocycles. The standard InChI is InChI=1S/C22H24N2OS/c1-16-10-12-19(13-11-16)21(20-9-6-14-26-20)24-17(2)22(25)23-15-18-7-4-3-5-8-18/h3-14,17,21,24H,15H2,1-2H3,(H,23,25)/p+1/t17-,21-/m0/s1. The van der Waals surface area contributed by atoms with Crippen LogP contribution in [0.5, 0.6) is 0 Å². The molecule has 0 saturated heterocycles. The SMILES string of the molecule is Cc1ccc([C@H]([NH2+][C@@H](C)C(=O)NCc2ccccc2)c2cccs2)cc1. The van der Waals surface area contributed by atoms with Crippen molar-refractivity contribution in [3.63, 3.8) is 0 Å². The summed E-state index contributed by atoms with van der Waals surface area (Å²) in [6, 6.07) is 22.7. The number of thiophene rings is 1. The third kappa shape index (κ3) is 4.81. The summed E-state index contributed by atoms with van der Waals surface area (Å²) in [7, 11) is 0. The summed E-state index contributed by atoms with van der Waals surface area (Å²) in [6.07, 6.45) is 0. The smallest absolute Gasteiger partial charge is 0.278 e. The molecule has 1 heterocycles. The lowest BCUT2D eigenvalue weighted by atomic mass is 10.0. The van der Waals surface area contributed by atoms with E-state index in [0.717, 1.165) is 5.56 Å². The highest BCUT2D eigenvalue weighted by atomic mass is 32.1. The van der Waals surface area contributed by atoms with Crippen molar-refractivity contribution < 1.29 is 10.1 Å². The lowest BCUT2D eigenvalue weighted by molar-refractivity contribution is -0.704. The van der Waals surface area contributed by atoms with E-state index < -0.39 is 0 Å². The monoisotopic (exact) mass is 365 g/mol. The van der Waals surface area contributed by atoms with E-state index in [1.54, 1.807) is 11.3 Å². The topological polar surface area (TPSA) is 45.7 Å². The molecule has 1 aromatic heterocycles. The number of hydrogen-bond donors (Lipinski definition) is 2. The van der Waals surface area contributed by atoms with E-state index in [2.05, 4.69) is 59.3 Å². The quantitative estimate of drug-likeness (QED) is 0.662. The van der Waals surface area contributed by atoms with Gasteiger partial charge in [-0.1, -0.05) is 66.2 Å². The van der Waals surface area contributed by atoms with E-state index in [1.165, 1.54) is 16.0 Å². The van der Waals surface area contributed by atoms with E-state index in [4.69, 9.17) is 0 Å². The van der Waals surface area contributed by atoms with E-state index >= 15 is 0 Å². The van der Waals surface area contributed by atoms with E-state index in [9.17, 15) is 4.79 Å². The fraction of sp³-hybridized carbons (Fsp3) is 0.227. The number of nitrogens with one attached hydrogen (secondary N) is 1. The molecule has 0 radical (unpaired) electrons. The number of nitrogens with two attached hydrogens (primary N) is 1. The number of hydrogen-bond acceptors (Lipinski definition) is 2. The van der Waals surface area contributed by atoms with Crippen LogP contribution in [0.1, 0.15) is 34.5 Å². The normalized spacial score (nSPS) is 13.2. The Labute approximate surface area is 159 Å². The van der Waals surface area contributed by atoms with Crippen LogP contribution in [0.4, 0.5) is 0 Å². The van der Waals surface area contributed by atoms with Gasteiger partial charge in [0.15, 0.2) is 6.04 Å². The van der Waals surface area contributed by atoms with Crippen molar-refractivity contribution in [3.8, 4) is 0 Å². The van der Waals surface area contributed by atoms with Crippen molar-refractivity contribution in [1.82, 2.24) is 5.32 Å². The predicted octanol–water partition coefficient (Wildman–Crippen LogP) is 3.41. The van der Waals surface area contributed by atoms with Crippen LogP contribution in [0, 0.1) is 6.92 Å². The molecule has 2 atom stereocenters. The van der Waals surface area contributed by atoms with Gasteiger partial charge in [-0.05, 0) is 30.9 Å². The summed E-state index contributed by atoms with van der Waals surface area (Å²) in [5, 5.41) is 7.28. The van der Waals surface area contributed by atoms with Crippen LogP contribution >= 0.6 is 11.3 Å². The van der Waals surface area contributed by atoms with Crippen molar-refractivity contribution in [2.75, 3.05) is 0 Å². The molecular formula is C22H25N2OS+. The maximum Gasteiger partial charge on any atom is 0.278 e. The lowest BCUT2D eigenvalue weighted by Crippen LogP contribution is -2.92. The molecule has 0 aliphatic heterocycles. The first-order valence-electron chi connectivity index (χ1n) is 8.90. The molecule has 134 valence electrons. The minimum Gasteiger partial charge on any atom is -0.347 e. The Kier molecular flexibility index (Phi) is 6.21. The third-order valence-electron chi connectivity index (χ3n) is 4.49. The molecule has 3 rings (SSSR count). The molecule has 3 nitrogen and oxygen atoms in total. The Hall–Kier alpha value is -2.43. The highest BCUT2D eigenvalue weighted by Crippen LogP contribution is 2.23. The Morgan fingerprint density at radius 3 is 2.42 bits per heavy atom. The fourth-order valence-electron chi connectivity index (χ4n) is 2.93. The van der Waals surface area contributed by atoms with Gasteiger partial charge < -0.3 is 10.6 Å². The van der Waals surface area contributed by atoms with Crippen molar-refractivity contribution in [1.29, 1.82) is 0 Å². The average Bonchev–Trinajstić information content (AvgIpc) is 3.20. The maximum atomic E-state index is 12.6. The molecule has 0 saturated carbocycles. The molecule has 4 heteroatoms. The van der Waals surface area contributed by atoms with Crippen LogP contribution in [-0.4, -0.2) is 11.9 Å². The summed E-state index contributed by atoms with van der Waals surface area (Å²) >= 11 is 1.73. The van der Waals surface area contributed by atoms with Gasteiger partial charge in [-0.3, -0.25) is 4.79 Å². The van der Waals surface area contributed by atoms with E-state index in [1.807, 2.05) is 37.3 Å². The zero-order chi connectivity index (χ0) is 18.4. The zero-order valence-corrected chi connectivity index (χ0v) is 16.0. The maximum absolute atomic E-state index is 12.6. The first-order valence-corrected chi connectivity index (χ1v) is 9.78. The Morgan fingerprint density at radius 2 is 1.77 bits per heavy atom. The Balaban J connectivity index is 1.68. The van der Waals surface area contributed by atoms with Crippen molar-refractivity contribution in [3.05, 3.63) is 93.7 Å². The van der Waals surface area contributed by atoms with Crippen molar-refractivity contribution in [2.45, 2.75) is 32.5 Å². The van der Waals surface area contributed by atoms with Gasteiger partial charge in [0.1, 0.15) is 6.04 Å². The Morgan fingerprint density at radius 1 is 1.04 bits per heavy atom. The largest absolute Gasteiger partial charge is 0.347 e. The molecule has 0 fully saturated rings. The second-order valence-corrected chi connectivity index (χ2v) is 7.57. The van der Waals surface area contributed by atoms with Gasteiger partial charge in [0, 0.05) is 12.1 Å². The molecule has 3 aromatic rings. The molecule has 0 bridgehead atoms. The van der Waals surface area contributed by atoms with Crippen LogP contribution in [0.2, 0.25) is 0 Å². The number of quaternary nitrogens is 1. The molecule has 3 N–H and O–H groups in total. The summed E-state index contributed by atoms with van der Waals surface area (Å²) in [4.78, 5) is 13.8. The van der Waals surface area contributed by atoms with Gasteiger partial charge in [0.2, 0.25) is 0 Å². The van der Waals surface area contributed by atoms with Crippen LogP contribution in [0.3, 0.4) is 0 Å². The summed E-state index contributed by atoms with van der Waals surface area (Å²) in [6.45, 7) is 4.62. The number of benzene rings is 2. The van der Waals surface area contributed by atoms with Gasteiger partial charge >= 0.3 is 0 Å². The predicted molar refractivity (Wildman–Crippen MR) is 107 cm³/mol. The van der Waals surface area contributed by atoms with E-state index in [-0.39, 0.29) is 18.0 Å². The zero-order valence-electron chi connectivity index (χ0n) is 15.2. The first kappa shape index (κ1) is 18.4. The van der Waals surface area contributed by atoms with Gasteiger partial charge in [0.25, 0.3) is 5.91 Å². The number of amides is 1. The molecule has 0 unspecified atom stereocenters. The number of aryl methyl sites for hydroxylation is 1. The van der Waals surface area contributed by atoms with Gasteiger partial charge in [-0.25, -0.2) is 0 Å². The van der Waals surface area contributed by atoms with Gasteiger partial charge in [-0.2, -0.15) is 0 Å². The second kappa shape index (κ2) is 8.79. The molecule has 0 spiro atoms. The highest BCUT2D eigenvalue weighted by Gasteiger charge is 2.25. The minimum absolute atomic E-state index is 0.0579. The molecular weight excluding hydrogens is 340 g/mol. The number of carbonyl (C=O) groups is 1. The number of carbonyl (C=O) groups excluding carboxylic acids is 1. The highest BCUT2D eigenvalue weighted by molar-refractivity contribution is 7.10. The van der Waals surface area contributed by atoms with Crippen LogP contribution in [0.15, 0.2) is 72.1 Å². The van der Waals surface area contributed by atoms with E-state index in [0.29, 0.717) is 6.54 Å². The second-order valence-electron chi connectivity index (χ2n) is 6.59. The first-order chi connectivity index (χ1) is 12.6. The fourth-order valence-corrected chi connectivity index (χ4v) is 3.77. The van der Waals surface area contributed by atoms with Crippen LogP contribution in [-0.2, 0) is 11.3 Å². The molecule has 0 aliphatic rings. The third-order valence-corrected chi connectivity index (χ3v) is 5.45. The van der Waals surface area contributed by atoms with Crippen LogP contribution < -0.4 is 10.6 Å². The summed E-state index contributed by atoms with van der Waals surface area (Å²) in [5.74, 6) is 0.0579. The average molecular weight is 366 g/mol. The van der Waals surface area contributed by atoms with Gasteiger partial charge in [0.05, 0.1) is 4.88 Å². The lowest BCUT2D eigenvalue weighted by Gasteiger charge is -2.19. The summed E-state index contributed by atoms with van der Waals surface area (Å²) in [5.41, 5.74) is 3.58. The van der Waals surface area contributed by atoms with Crippen molar-refractivity contribution >= 4 is 17.2 Å². The molecule has 1 amide bonds. The van der Waals surface area contributed by atoms with Crippen LogP contribution in [0.25, 0.3) is 0 Å². The minimum atomic E-state index is -0.174. The summed E-state index contributed by atoms with van der Waals surface area (Å²) < 4.78 is 0. The van der Waals surface area contributed by atoms with Gasteiger partial charge in [-0.15, -0.1) is 11.3 Å². The van der Waals surface area contributed by atoms with Crippen molar-refractivity contribution in [2.24, 2.45) is 0 Å². The molecule has 2 aromatic carbocycles. The molecule has 26 heavy (non-hydrogen) atoms.